The van der Waals surface area contributed by atoms with Crippen LogP contribution in [0.25, 0.3) is 0 Å². The number of carbonyl (C=O) groups is 1. The van der Waals surface area contributed by atoms with E-state index in [1.54, 1.807) is 13.2 Å². The topological polar surface area (TPSA) is 54.9 Å². The van der Waals surface area contributed by atoms with Gasteiger partial charge in [-0.1, -0.05) is 0 Å². The van der Waals surface area contributed by atoms with Gasteiger partial charge in [0.05, 0.1) is 5.56 Å². The second kappa shape index (κ2) is 5.68. The van der Waals surface area contributed by atoms with Gasteiger partial charge >= 0.3 is 6.18 Å². The Hall–Kier alpha value is -1.96. The standard InChI is InChI=1S/C14H13F3N2O2S/c1-7-11(13(21)19(2)18-7)12(20)9-5-4-8(14(15,16)17)6-10(9)22-3/h4-6,18H,1-3H3. The number of ketones is 1. The Morgan fingerprint density at radius 3 is 2.41 bits per heavy atom. The van der Waals surface area contributed by atoms with Gasteiger partial charge in [0.2, 0.25) is 5.78 Å². The zero-order chi connectivity index (χ0) is 16.7. The second-order valence-electron chi connectivity index (χ2n) is 4.72. The van der Waals surface area contributed by atoms with Gasteiger partial charge in [0, 0.05) is 23.2 Å². The first-order valence-electron chi connectivity index (χ1n) is 6.22. The van der Waals surface area contributed by atoms with Crippen molar-refractivity contribution in [2.75, 3.05) is 6.26 Å². The fraction of sp³-hybridized carbons (Fsp3) is 0.286. The summed E-state index contributed by atoms with van der Waals surface area (Å²) >= 11 is 1.03. The fourth-order valence-corrected chi connectivity index (χ4v) is 2.77. The number of hydrogen-bond acceptors (Lipinski definition) is 3. The number of hydrogen-bond donors (Lipinski definition) is 1. The largest absolute Gasteiger partial charge is 0.416 e. The maximum atomic E-state index is 12.7. The van der Waals surface area contributed by atoms with Crippen molar-refractivity contribution in [3.63, 3.8) is 0 Å². The van der Waals surface area contributed by atoms with E-state index in [0.717, 1.165) is 34.6 Å². The van der Waals surface area contributed by atoms with Gasteiger partial charge in [-0.2, -0.15) is 13.2 Å². The number of benzene rings is 1. The van der Waals surface area contributed by atoms with Crippen molar-refractivity contribution in [1.29, 1.82) is 0 Å². The van der Waals surface area contributed by atoms with Gasteiger partial charge in [0.25, 0.3) is 5.56 Å². The summed E-state index contributed by atoms with van der Waals surface area (Å²) in [6.07, 6.45) is -2.90. The highest BCUT2D eigenvalue weighted by molar-refractivity contribution is 7.98. The Morgan fingerprint density at radius 1 is 1.32 bits per heavy atom. The molecule has 0 saturated carbocycles. The lowest BCUT2D eigenvalue weighted by molar-refractivity contribution is -0.137. The zero-order valence-corrected chi connectivity index (χ0v) is 12.9. The Bertz CT molecular complexity index is 790. The van der Waals surface area contributed by atoms with E-state index in [2.05, 4.69) is 5.10 Å². The molecule has 0 fully saturated rings. The summed E-state index contributed by atoms with van der Waals surface area (Å²) in [7, 11) is 1.47. The lowest BCUT2D eigenvalue weighted by atomic mass is 10.0. The first-order chi connectivity index (χ1) is 10.2. The van der Waals surface area contributed by atoms with Crippen LogP contribution in [-0.4, -0.2) is 21.8 Å². The van der Waals surface area contributed by atoms with Crippen LogP contribution < -0.4 is 5.56 Å². The molecule has 0 radical (unpaired) electrons. The van der Waals surface area contributed by atoms with Crippen molar-refractivity contribution in [2.24, 2.45) is 7.05 Å². The Labute approximate surface area is 128 Å². The molecule has 0 amide bonds. The van der Waals surface area contributed by atoms with Crippen LogP contribution in [0.4, 0.5) is 13.2 Å². The highest BCUT2D eigenvalue weighted by atomic mass is 32.2. The van der Waals surface area contributed by atoms with Crippen molar-refractivity contribution >= 4 is 17.5 Å². The van der Waals surface area contributed by atoms with Crippen molar-refractivity contribution in [3.05, 3.63) is 50.9 Å². The molecule has 0 atom stereocenters. The molecule has 8 heteroatoms. The van der Waals surface area contributed by atoms with E-state index < -0.39 is 23.1 Å². The van der Waals surface area contributed by atoms with E-state index in [9.17, 15) is 22.8 Å². The minimum absolute atomic E-state index is 0.0578. The van der Waals surface area contributed by atoms with Crippen LogP contribution in [0.3, 0.4) is 0 Å². The van der Waals surface area contributed by atoms with Crippen molar-refractivity contribution in [2.45, 2.75) is 18.0 Å². The highest BCUT2D eigenvalue weighted by Crippen LogP contribution is 2.33. The molecule has 0 saturated heterocycles. The lowest BCUT2D eigenvalue weighted by Gasteiger charge is -2.11. The third kappa shape index (κ3) is 2.83. The third-order valence-electron chi connectivity index (χ3n) is 3.23. The number of rotatable bonds is 3. The number of thioether (sulfide) groups is 1. The molecular formula is C14H13F3N2O2S. The molecule has 0 aliphatic rings. The normalized spacial score (nSPS) is 11.7. The molecule has 1 aromatic heterocycles. The Balaban J connectivity index is 2.57. The predicted octanol–water partition coefficient (Wildman–Crippen LogP) is 2.99. The van der Waals surface area contributed by atoms with Crippen LogP contribution in [0.5, 0.6) is 0 Å². The van der Waals surface area contributed by atoms with Crippen LogP contribution in [0.2, 0.25) is 0 Å². The number of carbonyl (C=O) groups excluding carboxylic acids is 1. The van der Waals surface area contributed by atoms with Gasteiger partial charge in [-0.3, -0.25) is 19.4 Å². The van der Waals surface area contributed by atoms with Gasteiger partial charge in [0.1, 0.15) is 5.56 Å². The molecule has 0 unspecified atom stereocenters. The molecule has 1 aromatic carbocycles. The van der Waals surface area contributed by atoms with Crippen LogP contribution in [0.1, 0.15) is 27.2 Å². The molecule has 2 aromatic rings. The van der Waals surface area contributed by atoms with Crippen molar-refractivity contribution < 1.29 is 18.0 Å². The maximum absolute atomic E-state index is 12.7. The van der Waals surface area contributed by atoms with Crippen molar-refractivity contribution in [3.8, 4) is 0 Å². The predicted molar refractivity (Wildman–Crippen MR) is 77.4 cm³/mol. The van der Waals surface area contributed by atoms with Crippen LogP contribution >= 0.6 is 11.8 Å². The first kappa shape index (κ1) is 16.4. The van der Waals surface area contributed by atoms with E-state index in [1.807, 2.05) is 0 Å². The number of H-pyrrole nitrogens is 1. The molecule has 0 aliphatic carbocycles. The summed E-state index contributed by atoms with van der Waals surface area (Å²) in [5.74, 6) is -0.586. The molecule has 2 rings (SSSR count). The Kier molecular flexibility index (Phi) is 4.23. The average molecular weight is 330 g/mol. The van der Waals surface area contributed by atoms with Crippen LogP contribution in [0, 0.1) is 6.92 Å². The van der Waals surface area contributed by atoms with Gasteiger partial charge in [-0.15, -0.1) is 11.8 Å². The summed E-state index contributed by atoms with van der Waals surface area (Å²) in [6, 6.07) is 2.88. The number of aromatic nitrogens is 2. The van der Waals surface area contributed by atoms with E-state index in [-0.39, 0.29) is 16.0 Å². The molecule has 22 heavy (non-hydrogen) atoms. The molecular weight excluding hydrogens is 317 g/mol. The van der Waals surface area contributed by atoms with Crippen molar-refractivity contribution in [1.82, 2.24) is 9.78 Å². The smallest absolute Gasteiger partial charge is 0.299 e. The second-order valence-corrected chi connectivity index (χ2v) is 5.57. The third-order valence-corrected chi connectivity index (χ3v) is 4.01. The molecule has 0 spiro atoms. The summed E-state index contributed by atoms with van der Waals surface area (Å²) in [5.41, 5.74) is -0.927. The highest BCUT2D eigenvalue weighted by Gasteiger charge is 2.32. The number of halogens is 3. The van der Waals surface area contributed by atoms with Gasteiger partial charge in [0.15, 0.2) is 0 Å². The van der Waals surface area contributed by atoms with Gasteiger partial charge in [-0.05, 0) is 31.4 Å². The summed E-state index contributed by atoms with van der Waals surface area (Å²) in [6.45, 7) is 1.57. The number of nitrogens with one attached hydrogen (secondary N) is 1. The van der Waals surface area contributed by atoms with E-state index in [4.69, 9.17) is 0 Å². The van der Waals surface area contributed by atoms with Crippen LogP contribution in [-0.2, 0) is 13.2 Å². The van der Waals surface area contributed by atoms with Crippen LogP contribution in [0.15, 0.2) is 27.9 Å². The van der Waals surface area contributed by atoms with E-state index in [1.165, 1.54) is 7.05 Å². The molecule has 1 heterocycles. The summed E-state index contributed by atoms with van der Waals surface area (Å²) in [4.78, 5) is 24.7. The number of aryl methyl sites for hydroxylation is 2. The molecule has 118 valence electrons. The molecule has 0 bridgehead atoms. The summed E-state index contributed by atoms with van der Waals surface area (Å²) < 4.78 is 39.4. The molecule has 0 aliphatic heterocycles. The maximum Gasteiger partial charge on any atom is 0.416 e. The minimum atomic E-state index is -4.48. The zero-order valence-electron chi connectivity index (χ0n) is 12.0. The molecule has 4 nitrogen and oxygen atoms in total. The minimum Gasteiger partial charge on any atom is -0.299 e. The first-order valence-corrected chi connectivity index (χ1v) is 7.44. The van der Waals surface area contributed by atoms with Gasteiger partial charge in [-0.25, -0.2) is 0 Å². The number of nitrogens with zero attached hydrogens (tertiary/aromatic N) is 1. The lowest BCUT2D eigenvalue weighted by Crippen LogP contribution is -2.20. The monoisotopic (exact) mass is 330 g/mol. The SMILES string of the molecule is CSc1cc(C(F)(F)F)ccc1C(=O)c1c(C)[nH]n(C)c1=O. The number of alkyl halides is 3. The van der Waals surface area contributed by atoms with Gasteiger partial charge < -0.3 is 0 Å². The average Bonchev–Trinajstić information content (AvgIpc) is 2.69. The molecule has 1 N–H and O–H groups in total. The van der Waals surface area contributed by atoms with E-state index in [0.29, 0.717) is 5.69 Å². The Morgan fingerprint density at radius 2 is 1.95 bits per heavy atom. The summed E-state index contributed by atoms with van der Waals surface area (Å²) in [5, 5.41) is 2.70. The van der Waals surface area contributed by atoms with E-state index >= 15 is 0 Å². The fourth-order valence-electron chi connectivity index (χ4n) is 2.14. The quantitative estimate of drug-likeness (QED) is 0.695. The number of aromatic amines is 1.